The first-order chi connectivity index (χ1) is 7.99. The molecule has 1 fully saturated rings. The average Bonchev–Trinajstić information content (AvgIpc) is 2.76. The number of rotatable bonds is 5. The summed E-state index contributed by atoms with van der Waals surface area (Å²) in [6, 6.07) is 0. The van der Waals surface area contributed by atoms with Gasteiger partial charge in [-0.15, -0.1) is 0 Å². The summed E-state index contributed by atoms with van der Waals surface area (Å²) >= 11 is 0. The lowest BCUT2D eigenvalue weighted by Crippen LogP contribution is -2.45. The van der Waals surface area contributed by atoms with Crippen molar-refractivity contribution < 1.29 is 19.1 Å². The first-order valence-corrected chi connectivity index (χ1v) is 5.96. The maximum absolute atomic E-state index is 12.1. The Labute approximate surface area is 102 Å². The van der Waals surface area contributed by atoms with Crippen LogP contribution in [-0.4, -0.2) is 49.7 Å². The van der Waals surface area contributed by atoms with Crippen LogP contribution in [0.3, 0.4) is 0 Å². The van der Waals surface area contributed by atoms with Crippen molar-refractivity contribution in [3.8, 4) is 0 Å². The van der Waals surface area contributed by atoms with Crippen LogP contribution < -0.4 is 0 Å². The van der Waals surface area contributed by atoms with Gasteiger partial charge >= 0.3 is 5.97 Å². The molecule has 1 saturated heterocycles. The molecule has 5 nitrogen and oxygen atoms in total. The third-order valence-electron chi connectivity index (χ3n) is 3.12. The molecule has 1 unspecified atom stereocenters. The SMILES string of the molecule is COC(=O)CCCN(C)C(=O)C1(C)CCCO1. The molecular weight excluding hydrogens is 222 g/mol. The predicted octanol–water partition coefficient (Wildman–Crippen LogP) is 0.967. The number of hydrogen-bond donors (Lipinski definition) is 0. The second-order valence-electron chi connectivity index (χ2n) is 4.59. The second kappa shape index (κ2) is 6.00. The van der Waals surface area contributed by atoms with Gasteiger partial charge in [0.1, 0.15) is 5.60 Å². The number of carbonyl (C=O) groups is 2. The summed E-state index contributed by atoms with van der Waals surface area (Å²) in [5, 5.41) is 0. The molecule has 0 aromatic rings. The molecule has 0 aliphatic carbocycles. The number of methoxy groups -OCH3 is 1. The van der Waals surface area contributed by atoms with Gasteiger partial charge in [-0.25, -0.2) is 0 Å². The summed E-state index contributed by atoms with van der Waals surface area (Å²) < 4.78 is 10.0. The number of ether oxygens (including phenoxy) is 2. The highest BCUT2D eigenvalue weighted by Crippen LogP contribution is 2.26. The van der Waals surface area contributed by atoms with E-state index >= 15 is 0 Å². The molecule has 0 saturated carbocycles. The van der Waals surface area contributed by atoms with E-state index in [2.05, 4.69) is 4.74 Å². The molecule has 1 aliphatic heterocycles. The van der Waals surface area contributed by atoms with Gasteiger partial charge in [0.25, 0.3) is 5.91 Å². The van der Waals surface area contributed by atoms with Gasteiger partial charge in [-0.3, -0.25) is 9.59 Å². The van der Waals surface area contributed by atoms with Crippen LogP contribution >= 0.6 is 0 Å². The Morgan fingerprint density at radius 2 is 2.18 bits per heavy atom. The highest BCUT2D eigenvalue weighted by atomic mass is 16.5. The van der Waals surface area contributed by atoms with Crippen LogP contribution in [0.2, 0.25) is 0 Å². The van der Waals surface area contributed by atoms with E-state index in [0.717, 1.165) is 12.8 Å². The Balaban J connectivity index is 2.34. The van der Waals surface area contributed by atoms with Gasteiger partial charge < -0.3 is 14.4 Å². The minimum Gasteiger partial charge on any atom is -0.469 e. The second-order valence-corrected chi connectivity index (χ2v) is 4.59. The van der Waals surface area contributed by atoms with Crippen molar-refractivity contribution in [2.75, 3.05) is 27.3 Å². The van der Waals surface area contributed by atoms with Gasteiger partial charge in [-0.1, -0.05) is 0 Å². The summed E-state index contributed by atoms with van der Waals surface area (Å²) in [5.74, 6) is -0.242. The Morgan fingerprint density at radius 1 is 1.47 bits per heavy atom. The number of carbonyl (C=O) groups excluding carboxylic acids is 2. The molecule has 1 heterocycles. The lowest BCUT2D eigenvalue weighted by molar-refractivity contribution is -0.150. The Kier molecular flexibility index (Phi) is 4.93. The topological polar surface area (TPSA) is 55.8 Å². The molecule has 1 amide bonds. The van der Waals surface area contributed by atoms with Crippen molar-refractivity contribution in [3.63, 3.8) is 0 Å². The van der Waals surface area contributed by atoms with Crippen molar-refractivity contribution in [2.24, 2.45) is 0 Å². The summed E-state index contributed by atoms with van der Waals surface area (Å²) in [6.45, 7) is 3.03. The van der Waals surface area contributed by atoms with E-state index in [4.69, 9.17) is 4.74 Å². The molecule has 0 aromatic heterocycles. The highest BCUT2D eigenvalue weighted by Gasteiger charge is 2.39. The molecule has 98 valence electrons. The molecule has 1 atom stereocenters. The third-order valence-corrected chi connectivity index (χ3v) is 3.12. The largest absolute Gasteiger partial charge is 0.469 e. The van der Waals surface area contributed by atoms with Crippen LogP contribution in [0.4, 0.5) is 0 Å². The lowest BCUT2D eigenvalue weighted by atomic mass is 10.0. The Bertz CT molecular complexity index is 284. The van der Waals surface area contributed by atoms with E-state index in [-0.39, 0.29) is 11.9 Å². The molecule has 1 rings (SSSR count). The van der Waals surface area contributed by atoms with Crippen LogP contribution in [0.1, 0.15) is 32.6 Å². The monoisotopic (exact) mass is 243 g/mol. The third kappa shape index (κ3) is 3.70. The molecule has 17 heavy (non-hydrogen) atoms. The highest BCUT2D eigenvalue weighted by molar-refractivity contribution is 5.84. The maximum atomic E-state index is 12.1. The van der Waals surface area contributed by atoms with Crippen LogP contribution in [0, 0.1) is 0 Å². The van der Waals surface area contributed by atoms with E-state index < -0.39 is 5.60 Å². The van der Waals surface area contributed by atoms with E-state index in [1.165, 1.54) is 7.11 Å². The molecule has 1 aliphatic rings. The first kappa shape index (κ1) is 14.0. The summed E-state index contributed by atoms with van der Waals surface area (Å²) in [7, 11) is 3.11. The zero-order valence-electron chi connectivity index (χ0n) is 10.8. The number of likely N-dealkylation sites (N-methyl/N-ethyl adjacent to an activating group) is 1. The summed E-state index contributed by atoms with van der Waals surface area (Å²) in [5.41, 5.74) is -0.667. The van der Waals surface area contributed by atoms with E-state index in [9.17, 15) is 9.59 Å². The number of esters is 1. The molecular formula is C12H21NO4. The van der Waals surface area contributed by atoms with Crippen molar-refractivity contribution in [1.29, 1.82) is 0 Å². The van der Waals surface area contributed by atoms with E-state index in [1.807, 2.05) is 6.92 Å². The number of hydrogen-bond acceptors (Lipinski definition) is 4. The smallest absolute Gasteiger partial charge is 0.305 e. The lowest BCUT2D eigenvalue weighted by Gasteiger charge is -2.28. The first-order valence-electron chi connectivity index (χ1n) is 5.96. The fourth-order valence-corrected chi connectivity index (χ4v) is 2.02. The van der Waals surface area contributed by atoms with Gasteiger partial charge in [-0.2, -0.15) is 0 Å². The fourth-order valence-electron chi connectivity index (χ4n) is 2.02. The van der Waals surface area contributed by atoms with Crippen LogP contribution in [-0.2, 0) is 19.1 Å². The van der Waals surface area contributed by atoms with Crippen molar-refractivity contribution >= 4 is 11.9 Å². The molecule has 0 N–H and O–H groups in total. The predicted molar refractivity (Wildman–Crippen MR) is 62.5 cm³/mol. The Hall–Kier alpha value is -1.10. The van der Waals surface area contributed by atoms with Gasteiger partial charge in [-0.05, 0) is 26.2 Å². The summed E-state index contributed by atoms with van der Waals surface area (Å²) in [4.78, 5) is 24.7. The van der Waals surface area contributed by atoms with E-state index in [0.29, 0.717) is 26.0 Å². The summed E-state index contributed by atoms with van der Waals surface area (Å²) in [6.07, 6.45) is 2.65. The molecule has 0 bridgehead atoms. The number of nitrogens with zero attached hydrogens (tertiary/aromatic N) is 1. The van der Waals surface area contributed by atoms with Crippen molar-refractivity contribution in [3.05, 3.63) is 0 Å². The molecule has 5 heteroatoms. The quantitative estimate of drug-likeness (QED) is 0.675. The van der Waals surface area contributed by atoms with Crippen LogP contribution in [0.5, 0.6) is 0 Å². The minimum atomic E-state index is -0.667. The van der Waals surface area contributed by atoms with Crippen LogP contribution in [0.15, 0.2) is 0 Å². The van der Waals surface area contributed by atoms with Crippen LogP contribution in [0.25, 0.3) is 0 Å². The van der Waals surface area contributed by atoms with Gasteiger partial charge in [0.05, 0.1) is 7.11 Å². The van der Waals surface area contributed by atoms with Gasteiger partial charge in [0.15, 0.2) is 0 Å². The average molecular weight is 243 g/mol. The molecule has 0 aromatic carbocycles. The standard InChI is InChI=1S/C12H21NO4/c1-12(7-5-9-17-12)11(15)13(2)8-4-6-10(14)16-3/h4-9H2,1-3H3. The zero-order chi connectivity index (χ0) is 12.9. The van der Waals surface area contributed by atoms with Crippen molar-refractivity contribution in [1.82, 2.24) is 4.90 Å². The minimum absolute atomic E-state index is 0.000124. The number of amides is 1. The van der Waals surface area contributed by atoms with Gasteiger partial charge in [0.2, 0.25) is 0 Å². The normalized spacial score (nSPS) is 23.5. The van der Waals surface area contributed by atoms with Gasteiger partial charge in [0, 0.05) is 26.6 Å². The maximum Gasteiger partial charge on any atom is 0.305 e. The molecule has 0 spiro atoms. The van der Waals surface area contributed by atoms with E-state index in [1.54, 1.807) is 11.9 Å². The van der Waals surface area contributed by atoms with Crippen molar-refractivity contribution in [2.45, 2.75) is 38.2 Å². The zero-order valence-corrected chi connectivity index (χ0v) is 10.8. The fraction of sp³-hybridized carbons (Fsp3) is 0.833. The Morgan fingerprint density at radius 3 is 2.71 bits per heavy atom. The molecule has 0 radical (unpaired) electrons.